The molecular weight excluding hydrogens is 228 g/mol. The van der Waals surface area contributed by atoms with Crippen LogP contribution in [0.3, 0.4) is 0 Å². The Hall–Kier alpha value is -1.58. The van der Waals surface area contributed by atoms with E-state index in [2.05, 4.69) is 57.7 Å². The van der Waals surface area contributed by atoms with Gasteiger partial charge in [0.1, 0.15) is 5.54 Å². The van der Waals surface area contributed by atoms with E-state index < -0.39 is 0 Å². The van der Waals surface area contributed by atoms with Gasteiger partial charge in [-0.15, -0.1) is 0 Å². The van der Waals surface area contributed by atoms with Crippen molar-refractivity contribution in [2.24, 2.45) is 4.40 Å². The molecule has 0 aromatic heterocycles. The minimum absolute atomic E-state index is 0.205. The first-order chi connectivity index (χ1) is 8.38. The van der Waals surface area contributed by atoms with Crippen molar-refractivity contribution in [2.75, 3.05) is 0 Å². The Bertz CT molecular complexity index is 580. The fraction of sp³-hybridized carbons (Fsp3) is 0.0714. The maximum absolute atomic E-state index is 4.26. The monoisotopic (exact) mass is 238 g/mol. The maximum atomic E-state index is 4.26. The van der Waals surface area contributed by atoms with Gasteiger partial charge in [0, 0.05) is 6.21 Å². The number of nitrogens with one attached hydrogen (secondary N) is 1. The van der Waals surface area contributed by atoms with Crippen molar-refractivity contribution >= 4 is 30.5 Å². The summed E-state index contributed by atoms with van der Waals surface area (Å²) >= 11 is 1.41. The summed E-state index contributed by atoms with van der Waals surface area (Å²) in [5.41, 5.74) is 4.87. The summed E-state index contributed by atoms with van der Waals surface area (Å²) in [5.74, 6) is 0. The van der Waals surface area contributed by atoms with Crippen LogP contribution in [-0.2, 0) is 0 Å². The number of fused-ring (bicyclic) bond motifs is 1. The summed E-state index contributed by atoms with van der Waals surface area (Å²) in [7, 11) is 0. The molecule has 0 radical (unpaired) electrons. The van der Waals surface area contributed by atoms with E-state index in [9.17, 15) is 0 Å². The van der Waals surface area contributed by atoms with Crippen LogP contribution in [0.25, 0.3) is 12.2 Å². The summed E-state index contributed by atoms with van der Waals surface area (Å²) in [5, 5.41) is 0. The molecule has 0 saturated carbocycles. The van der Waals surface area contributed by atoms with Crippen molar-refractivity contribution in [3.63, 3.8) is 0 Å². The average Bonchev–Trinajstić information content (AvgIpc) is 2.88. The second-order valence-electron chi connectivity index (χ2n) is 4.40. The quantitative estimate of drug-likeness (QED) is 0.703. The average molecular weight is 238 g/mol. The van der Waals surface area contributed by atoms with Crippen molar-refractivity contribution in [2.45, 2.75) is 5.54 Å². The van der Waals surface area contributed by atoms with Crippen LogP contribution in [0.1, 0.15) is 11.1 Å². The van der Waals surface area contributed by atoms with E-state index in [-0.39, 0.29) is 5.54 Å². The van der Waals surface area contributed by atoms with Gasteiger partial charge in [0.05, 0.1) is 12.1 Å². The van der Waals surface area contributed by atoms with Gasteiger partial charge in [0.2, 0.25) is 0 Å². The molecule has 1 spiro atoms. The van der Waals surface area contributed by atoms with Gasteiger partial charge < -0.3 is 0 Å². The predicted molar refractivity (Wildman–Crippen MR) is 73.5 cm³/mol. The standard InChI is InChI=1S/C14H10N2S/c1-2-4-11-8-13-6-5-12(7-10(11)3-1)14(13)9-15-17-16-14/h1-9,16H. The predicted octanol–water partition coefficient (Wildman–Crippen LogP) is 3.01. The van der Waals surface area contributed by atoms with Gasteiger partial charge in [-0.2, -0.15) is 0 Å². The highest BCUT2D eigenvalue weighted by molar-refractivity contribution is 7.96. The number of hydrogen-bond acceptors (Lipinski definition) is 3. The van der Waals surface area contributed by atoms with Gasteiger partial charge in [0.25, 0.3) is 0 Å². The molecule has 1 aromatic carbocycles. The number of rotatable bonds is 0. The molecule has 17 heavy (non-hydrogen) atoms. The van der Waals surface area contributed by atoms with Crippen molar-refractivity contribution in [3.8, 4) is 0 Å². The normalized spacial score (nSPS) is 22.4. The first-order valence-corrected chi connectivity index (χ1v) is 6.35. The third-order valence-electron chi connectivity index (χ3n) is 3.48. The van der Waals surface area contributed by atoms with Gasteiger partial charge in [0.15, 0.2) is 0 Å². The second kappa shape index (κ2) is 3.22. The van der Waals surface area contributed by atoms with E-state index in [0.29, 0.717) is 0 Å². The van der Waals surface area contributed by atoms with E-state index in [1.54, 1.807) is 0 Å². The molecule has 1 aliphatic heterocycles. The van der Waals surface area contributed by atoms with E-state index >= 15 is 0 Å². The van der Waals surface area contributed by atoms with Crippen molar-refractivity contribution in [1.29, 1.82) is 0 Å². The lowest BCUT2D eigenvalue weighted by Crippen LogP contribution is -2.40. The van der Waals surface area contributed by atoms with Crippen LogP contribution in [-0.4, -0.2) is 11.8 Å². The smallest absolute Gasteiger partial charge is 0.116 e. The molecule has 0 amide bonds. The molecule has 0 fully saturated rings. The summed E-state index contributed by atoms with van der Waals surface area (Å²) < 4.78 is 7.67. The van der Waals surface area contributed by atoms with Gasteiger partial charge in [-0.1, -0.05) is 36.4 Å². The molecule has 1 aromatic rings. The molecule has 0 saturated heterocycles. The lowest BCUT2D eigenvalue weighted by Gasteiger charge is -2.22. The lowest BCUT2D eigenvalue weighted by atomic mass is 9.90. The molecule has 1 heterocycles. The molecule has 82 valence electrons. The summed E-state index contributed by atoms with van der Waals surface area (Å²) in [6, 6.07) is 8.46. The maximum Gasteiger partial charge on any atom is 0.116 e. The Kier molecular flexibility index (Phi) is 1.79. The van der Waals surface area contributed by atoms with E-state index in [1.807, 2.05) is 6.21 Å². The van der Waals surface area contributed by atoms with Gasteiger partial charge >= 0.3 is 0 Å². The topological polar surface area (TPSA) is 24.4 Å². The molecule has 1 N–H and O–H groups in total. The Balaban J connectivity index is 2.02. The highest BCUT2D eigenvalue weighted by atomic mass is 32.2. The zero-order valence-electron chi connectivity index (χ0n) is 9.05. The number of nitrogens with zero attached hydrogens (tertiary/aromatic N) is 1. The summed E-state index contributed by atoms with van der Waals surface area (Å²) in [6.07, 6.45) is 10.8. The van der Waals surface area contributed by atoms with Gasteiger partial charge in [-0.05, 0) is 34.4 Å². The van der Waals surface area contributed by atoms with Crippen LogP contribution in [0.5, 0.6) is 0 Å². The third-order valence-corrected chi connectivity index (χ3v) is 4.10. The molecule has 3 aliphatic rings. The van der Waals surface area contributed by atoms with Gasteiger partial charge in [-0.3, -0.25) is 0 Å². The Morgan fingerprint density at radius 1 is 1.00 bits per heavy atom. The Morgan fingerprint density at radius 3 is 2.18 bits per heavy atom. The molecule has 2 aliphatic carbocycles. The number of hydrogen-bond donors (Lipinski definition) is 1. The molecule has 0 atom stereocenters. The van der Waals surface area contributed by atoms with Crippen LogP contribution >= 0.6 is 12.1 Å². The van der Waals surface area contributed by atoms with Crippen molar-refractivity contribution in [3.05, 3.63) is 58.7 Å². The largest absolute Gasteiger partial charge is 0.224 e. The highest BCUT2D eigenvalue weighted by Crippen LogP contribution is 2.42. The summed E-state index contributed by atoms with van der Waals surface area (Å²) in [4.78, 5) is 0. The fourth-order valence-electron chi connectivity index (χ4n) is 2.54. The minimum Gasteiger partial charge on any atom is -0.224 e. The molecule has 4 rings (SSSR count). The van der Waals surface area contributed by atoms with E-state index in [1.165, 1.54) is 34.4 Å². The van der Waals surface area contributed by atoms with Crippen LogP contribution in [0, 0.1) is 0 Å². The van der Waals surface area contributed by atoms with Crippen LogP contribution in [0.2, 0.25) is 0 Å². The first-order valence-electron chi connectivity index (χ1n) is 5.58. The highest BCUT2D eigenvalue weighted by Gasteiger charge is 2.41. The third kappa shape index (κ3) is 1.18. The molecule has 3 heteroatoms. The molecule has 2 bridgehead atoms. The zero-order chi connectivity index (χ0) is 11.3. The second-order valence-corrected chi connectivity index (χ2v) is 4.99. The molecule has 0 unspecified atom stereocenters. The first kappa shape index (κ1) is 9.45. The van der Waals surface area contributed by atoms with Crippen molar-refractivity contribution < 1.29 is 0 Å². The number of benzene rings is 1. The zero-order valence-corrected chi connectivity index (χ0v) is 9.87. The lowest BCUT2D eigenvalue weighted by molar-refractivity contribution is 0.798. The SMILES string of the molecule is C1=CC2=Cc3ccccc3C=C1C21C=NSN1. The van der Waals surface area contributed by atoms with Crippen LogP contribution in [0.4, 0.5) is 0 Å². The fourth-order valence-corrected chi connectivity index (χ4v) is 3.23. The summed E-state index contributed by atoms with van der Waals surface area (Å²) in [6.45, 7) is 0. The molecule has 2 nitrogen and oxygen atoms in total. The van der Waals surface area contributed by atoms with Crippen molar-refractivity contribution in [1.82, 2.24) is 4.72 Å². The van der Waals surface area contributed by atoms with Gasteiger partial charge in [-0.25, -0.2) is 9.12 Å². The molecular formula is C14H10N2S. The van der Waals surface area contributed by atoms with Crippen LogP contribution < -0.4 is 4.72 Å². The van der Waals surface area contributed by atoms with E-state index in [4.69, 9.17) is 0 Å². The Labute approximate surface area is 104 Å². The minimum atomic E-state index is -0.205. The van der Waals surface area contributed by atoms with Crippen LogP contribution in [0.15, 0.2) is 52.0 Å². The Morgan fingerprint density at radius 2 is 1.65 bits per heavy atom. The van der Waals surface area contributed by atoms with E-state index in [0.717, 1.165) is 0 Å².